The van der Waals surface area contributed by atoms with E-state index in [0.29, 0.717) is 18.4 Å². The van der Waals surface area contributed by atoms with Gasteiger partial charge in [0.25, 0.3) is 0 Å². The van der Waals surface area contributed by atoms with Gasteiger partial charge in [0.1, 0.15) is 10.6 Å². The highest BCUT2D eigenvalue weighted by atomic mass is 32.2. The summed E-state index contributed by atoms with van der Waals surface area (Å²) in [6, 6.07) is 11.3. The normalized spacial score (nSPS) is 15.8. The number of sulfonamides is 1. The quantitative estimate of drug-likeness (QED) is 0.654. The van der Waals surface area contributed by atoms with Crippen molar-refractivity contribution in [2.45, 2.75) is 36.6 Å². The van der Waals surface area contributed by atoms with Gasteiger partial charge in [0.05, 0.1) is 13.5 Å². The number of benzene rings is 2. The molecular weight excluding hydrogens is 382 g/mol. The molecule has 0 radical (unpaired) electrons. The van der Waals surface area contributed by atoms with E-state index in [4.69, 9.17) is 9.84 Å². The summed E-state index contributed by atoms with van der Waals surface area (Å²) in [4.78, 5) is 22.8. The van der Waals surface area contributed by atoms with Crippen molar-refractivity contribution in [1.82, 2.24) is 4.72 Å². The van der Waals surface area contributed by atoms with Crippen LogP contribution in [-0.2, 0) is 27.7 Å². The van der Waals surface area contributed by atoms with E-state index < -0.39 is 16.0 Å². The number of hydrogen-bond acceptors (Lipinski definition) is 5. The minimum Gasteiger partial charge on any atom is -0.495 e. The van der Waals surface area contributed by atoms with E-state index in [1.807, 2.05) is 0 Å². The molecule has 7 nitrogen and oxygen atoms in total. The van der Waals surface area contributed by atoms with Crippen LogP contribution < -0.4 is 9.46 Å². The van der Waals surface area contributed by atoms with Crippen LogP contribution in [0.2, 0.25) is 0 Å². The summed E-state index contributed by atoms with van der Waals surface area (Å²) in [5.74, 6) is -0.972. The third-order valence-corrected chi connectivity index (χ3v) is 6.27. The van der Waals surface area contributed by atoms with Crippen LogP contribution in [0.4, 0.5) is 0 Å². The van der Waals surface area contributed by atoms with Crippen LogP contribution in [0.15, 0.2) is 47.4 Å². The number of Topliss-reactive ketones (excluding diaryl/α,β-unsaturated/α-hetero) is 1. The molecule has 0 aromatic heterocycles. The molecule has 2 aromatic rings. The van der Waals surface area contributed by atoms with Crippen molar-refractivity contribution in [2.75, 3.05) is 7.11 Å². The predicted molar refractivity (Wildman–Crippen MR) is 102 cm³/mol. The van der Waals surface area contributed by atoms with Gasteiger partial charge < -0.3 is 9.84 Å². The molecule has 0 fully saturated rings. The molecule has 1 atom stereocenters. The van der Waals surface area contributed by atoms with Crippen LogP contribution in [0.25, 0.3) is 0 Å². The number of hydrogen-bond donors (Lipinski definition) is 2. The molecule has 3 rings (SSSR count). The Labute approximate surface area is 163 Å². The molecule has 1 aliphatic rings. The lowest BCUT2D eigenvalue weighted by Gasteiger charge is -2.14. The fraction of sp³-hybridized carbons (Fsp3) is 0.300. The van der Waals surface area contributed by atoms with Gasteiger partial charge in [-0.3, -0.25) is 9.59 Å². The highest BCUT2D eigenvalue weighted by Crippen LogP contribution is 2.27. The first-order valence-electron chi connectivity index (χ1n) is 8.82. The van der Waals surface area contributed by atoms with Crippen molar-refractivity contribution in [1.29, 1.82) is 0 Å². The zero-order chi connectivity index (χ0) is 20.3. The Kier molecular flexibility index (Phi) is 5.81. The van der Waals surface area contributed by atoms with Crippen molar-refractivity contribution < 1.29 is 27.9 Å². The number of carboxylic acid groups (broad SMARTS) is 1. The minimum absolute atomic E-state index is 0.0576. The number of carboxylic acids is 1. The van der Waals surface area contributed by atoms with Crippen LogP contribution >= 0.6 is 0 Å². The summed E-state index contributed by atoms with van der Waals surface area (Å²) >= 11 is 0. The molecule has 0 heterocycles. The average molecular weight is 403 g/mol. The van der Waals surface area contributed by atoms with Crippen molar-refractivity contribution in [3.63, 3.8) is 0 Å². The number of rotatable bonds is 8. The highest BCUT2D eigenvalue weighted by molar-refractivity contribution is 7.89. The maximum Gasteiger partial charge on any atom is 0.303 e. The number of ether oxygens (including phenoxy) is 1. The molecule has 8 heteroatoms. The molecule has 1 aliphatic carbocycles. The summed E-state index contributed by atoms with van der Waals surface area (Å²) < 4.78 is 33.3. The van der Waals surface area contributed by atoms with E-state index in [1.54, 1.807) is 36.4 Å². The van der Waals surface area contributed by atoms with Gasteiger partial charge in [-0.1, -0.05) is 24.3 Å². The molecule has 148 valence electrons. The van der Waals surface area contributed by atoms with Crippen LogP contribution in [0, 0.1) is 0 Å². The molecule has 2 aromatic carbocycles. The lowest BCUT2D eigenvalue weighted by Crippen LogP contribution is -2.35. The van der Waals surface area contributed by atoms with Gasteiger partial charge in [0, 0.05) is 18.0 Å². The number of carbonyl (C=O) groups is 2. The second kappa shape index (κ2) is 8.12. The summed E-state index contributed by atoms with van der Waals surface area (Å²) in [6.07, 6.45) is 0.715. The Morgan fingerprint density at radius 3 is 2.54 bits per heavy atom. The third kappa shape index (κ3) is 4.40. The largest absolute Gasteiger partial charge is 0.495 e. The molecule has 2 N–H and O–H groups in total. The van der Waals surface area contributed by atoms with E-state index in [2.05, 4.69) is 4.72 Å². The van der Waals surface area contributed by atoms with Crippen LogP contribution in [-0.4, -0.2) is 38.4 Å². The Morgan fingerprint density at radius 1 is 1.11 bits per heavy atom. The van der Waals surface area contributed by atoms with Gasteiger partial charge in [-0.15, -0.1) is 0 Å². The molecule has 0 saturated carbocycles. The van der Waals surface area contributed by atoms with Crippen molar-refractivity contribution in [3.05, 3.63) is 59.2 Å². The topological polar surface area (TPSA) is 110 Å². The monoisotopic (exact) mass is 403 g/mol. The van der Waals surface area contributed by atoms with Gasteiger partial charge in [-0.25, -0.2) is 13.1 Å². The second-order valence-corrected chi connectivity index (χ2v) is 8.36. The zero-order valence-electron chi connectivity index (χ0n) is 15.3. The van der Waals surface area contributed by atoms with Crippen LogP contribution in [0.3, 0.4) is 0 Å². The fourth-order valence-electron chi connectivity index (χ4n) is 3.36. The van der Waals surface area contributed by atoms with Gasteiger partial charge in [0.15, 0.2) is 5.78 Å². The maximum atomic E-state index is 12.7. The molecule has 0 saturated heterocycles. The first-order chi connectivity index (χ1) is 13.3. The Hall–Kier alpha value is -2.71. The van der Waals surface area contributed by atoms with Gasteiger partial charge in [-0.2, -0.15) is 0 Å². The molecule has 0 aliphatic heterocycles. The highest BCUT2D eigenvalue weighted by Gasteiger charge is 2.28. The number of nitrogens with one attached hydrogen (secondary N) is 1. The third-order valence-electron chi connectivity index (χ3n) is 4.71. The number of aliphatic carboxylic acids is 1. The van der Waals surface area contributed by atoms with E-state index in [9.17, 15) is 18.0 Å². The smallest absolute Gasteiger partial charge is 0.303 e. The number of methoxy groups -OCH3 is 1. The molecule has 28 heavy (non-hydrogen) atoms. The summed E-state index contributed by atoms with van der Waals surface area (Å²) in [7, 11) is -2.34. The first-order valence-corrected chi connectivity index (χ1v) is 10.3. The van der Waals surface area contributed by atoms with E-state index in [0.717, 1.165) is 11.1 Å². The van der Waals surface area contributed by atoms with Gasteiger partial charge in [0.2, 0.25) is 10.0 Å². The molecule has 0 amide bonds. The first kappa shape index (κ1) is 20.0. The zero-order valence-corrected chi connectivity index (χ0v) is 16.2. The Morgan fingerprint density at radius 2 is 1.82 bits per heavy atom. The maximum absolute atomic E-state index is 12.7. The minimum atomic E-state index is -3.76. The molecular formula is C20H21NO6S. The predicted octanol–water partition coefficient (Wildman–Crippen LogP) is 2.19. The standard InChI is InChI=1S/C20H21NO6S/c1-27-18-4-2-3-5-19(18)28(25,26)21-16-11-13-6-7-14(10-15(13)12-16)17(22)8-9-20(23)24/h2-7,10,16,21H,8-9,11-12H2,1H3,(H,23,24). The van der Waals surface area contributed by atoms with Crippen molar-refractivity contribution >= 4 is 21.8 Å². The van der Waals surface area contributed by atoms with E-state index in [-0.39, 0.29) is 35.3 Å². The average Bonchev–Trinajstić information content (AvgIpc) is 3.06. The van der Waals surface area contributed by atoms with Gasteiger partial charge in [-0.05, 0) is 42.2 Å². The Balaban J connectivity index is 1.72. The molecule has 0 bridgehead atoms. The fourth-order valence-corrected chi connectivity index (χ4v) is 4.77. The van der Waals surface area contributed by atoms with Crippen LogP contribution in [0.5, 0.6) is 5.75 Å². The lowest BCUT2D eigenvalue weighted by atomic mass is 10.0. The van der Waals surface area contributed by atoms with E-state index >= 15 is 0 Å². The SMILES string of the molecule is COc1ccccc1S(=O)(=O)NC1Cc2ccc(C(=O)CCC(=O)O)cc2C1. The number of para-hydroxylation sites is 1. The molecule has 0 spiro atoms. The Bertz CT molecular complexity index is 1020. The van der Waals surface area contributed by atoms with E-state index in [1.165, 1.54) is 13.2 Å². The number of fused-ring (bicyclic) bond motifs is 1. The van der Waals surface area contributed by atoms with Crippen molar-refractivity contribution in [2.24, 2.45) is 0 Å². The summed E-state index contributed by atoms with van der Waals surface area (Å²) in [5, 5.41) is 8.71. The molecule has 1 unspecified atom stereocenters. The summed E-state index contributed by atoms with van der Waals surface area (Å²) in [5.41, 5.74) is 2.32. The van der Waals surface area contributed by atoms with Crippen molar-refractivity contribution in [3.8, 4) is 5.75 Å². The number of ketones is 1. The van der Waals surface area contributed by atoms with Gasteiger partial charge >= 0.3 is 5.97 Å². The van der Waals surface area contributed by atoms with Crippen LogP contribution in [0.1, 0.15) is 34.3 Å². The second-order valence-electron chi connectivity index (χ2n) is 6.68. The lowest BCUT2D eigenvalue weighted by molar-refractivity contribution is -0.136. The summed E-state index contributed by atoms with van der Waals surface area (Å²) in [6.45, 7) is 0. The number of carbonyl (C=O) groups excluding carboxylic acids is 1.